The highest BCUT2D eigenvalue weighted by Gasteiger charge is 1.95. The van der Waals surface area contributed by atoms with Gasteiger partial charge < -0.3 is 5.73 Å². The van der Waals surface area contributed by atoms with Gasteiger partial charge in [0.05, 0.1) is 0 Å². The van der Waals surface area contributed by atoms with Crippen molar-refractivity contribution >= 4 is 5.91 Å². The van der Waals surface area contributed by atoms with E-state index in [4.69, 9.17) is 5.73 Å². The number of hydrogen-bond acceptors (Lipinski definition) is 2. The lowest BCUT2D eigenvalue weighted by Crippen LogP contribution is -2.10. The summed E-state index contributed by atoms with van der Waals surface area (Å²) in [6.07, 6.45) is 6.42. The Hall–Kier alpha value is -1.38. The van der Waals surface area contributed by atoms with Gasteiger partial charge in [0.15, 0.2) is 0 Å². The number of hydrogen-bond donors (Lipinski definition) is 1. The van der Waals surface area contributed by atoms with E-state index in [2.05, 4.69) is 4.98 Å². The predicted octanol–water partition coefficient (Wildman–Crippen LogP) is 0.704. The summed E-state index contributed by atoms with van der Waals surface area (Å²) in [7, 11) is 0. The number of primary amides is 1. The zero-order valence-corrected chi connectivity index (χ0v) is 6.73. The van der Waals surface area contributed by atoms with E-state index in [9.17, 15) is 4.79 Å². The van der Waals surface area contributed by atoms with E-state index in [1.807, 2.05) is 18.6 Å². The number of nitrogens with two attached hydrogens (primary N) is 1. The molecular formula is C9H11N2O. The highest BCUT2D eigenvalue weighted by Crippen LogP contribution is 2.01. The van der Waals surface area contributed by atoms with Crippen molar-refractivity contribution in [2.24, 2.45) is 5.73 Å². The van der Waals surface area contributed by atoms with Crippen LogP contribution in [-0.2, 0) is 11.2 Å². The molecule has 12 heavy (non-hydrogen) atoms. The molecule has 0 fully saturated rings. The van der Waals surface area contributed by atoms with Crippen LogP contribution >= 0.6 is 0 Å². The first-order valence-electron chi connectivity index (χ1n) is 3.78. The summed E-state index contributed by atoms with van der Waals surface area (Å²) in [5, 5.41) is 0. The van der Waals surface area contributed by atoms with E-state index in [0.29, 0.717) is 6.42 Å². The molecule has 0 aliphatic heterocycles. The fourth-order valence-corrected chi connectivity index (χ4v) is 0.900. The molecular weight excluding hydrogens is 152 g/mol. The number of amides is 1. The van der Waals surface area contributed by atoms with E-state index < -0.39 is 0 Å². The SMILES string of the molecule is NC(=O)C[CH]Cc1ccncc1. The molecule has 63 valence electrons. The van der Waals surface area contributed by atoms with Crippen LogP contribution in [0, 0.1) is 6.42 Å². The molecule has 1 aromatic rings. The van der Waals surface area contributed by atoms with Crippen LogP contribution in [0.1, 0.15) is 12.0 Å². The summed E-state index contributed by atoms with van der Waals surface area (Å²) >= 11 is 0. The van der Waals surface area contributed by atoms with Gasteiger partial charge in [0.25, 0.3) is 0 Å². The Morgan fingerprint density at radius 1 is 1.50 bits per heavy atom. The van der Waals surface area contributed by atoms with Gasteiger partial charge in [0, 0.05) is 18.8 Å². The largest absolute Gasteiger partial charge is 0.370 e. The molecule has 0 spiro atoms. The van der Waals surface area contributed by atoms with Crippen molar-refractivity contribution in [2.75, 3.05) is 0 Å². The quantitative estimate of drug-likeness (QED) is 0.710. The van der Waals surface area contributed by atoms with Gasteiger partial charge >= 0.3 is 0 Å². The van der Waals surface area contributed by atoms with Crippen molar-refractivity contribution in [3.63, 3.8) is 0 Å². The zero-order chi connectivity index (χ0) is 8.81. The molecule has 0 aliphatic carbocycles. The monoisotopic (exact) mass is 163 g/mol. The summed E-state index contributed by atoms with van der Waals surface area (Å²) < 4.78 is 0. The Balaban J connectivity index is 2.29. The minimum atomic E-state index is -0.288. The topological polar surface area (TPSA) is 56.0 Å². The van der Waals surface area contributed by atoms with Crippen LogP contribution in [-0.4, -0.2) is 10.9 Å². The highest BCUT2D eigenvalue weighted by atomic mass is 16.1. The summed E-state index contributed by atoms with van der Waals surface area (Å²) in [6, 6.07) is 3.83. The Labute approximate surface area is 71.6 Å². The van der Waals surface area contributed by atoms with E-state index >= 15 is 0 Å². The summed E-state index contributed by atoms with van der Waals surface area (Å²) in [4.78, 5) is 14.3. The second-order valence-corrected chi connectivity index (χ2v) is 2.52. The van der Waals surface area contributed by atoms with Crippen molar-refractivity contribution in [3.05, 3.63) is 36.5 Å². The molecule has 3 nitrogen and oxygen atoms in total. The number of rotatable bonds is 4. The Kier molecular flexibility index (Phi) is 3.26. The third-order valence-electron chi connectivity index (χ3n) is 1.47. The average Bonchev–Trinajstić information content (AvgIpc) is 2.05. The van der Waals surface area contributed by atoms with Crippen molar-refractivity contribution in [1.82, 2.24) is 4.98 Å². The van der Waals surface area contributed by atoms with Crippen LogP contribution in [0.5, 0.6) is 0 Å². The summed E-state index contributed by atoms with van der Waals surface area (Å²) in [6.45, 7) is 0. The van der Waals surface area contributed by atoms with Crippen LogP contribution in [0.3, 0.4) is 0 Å². The van der Waals surface area contributed by atoms with Crippen LogP contribution < -0.4 is 5.73 Å². The first kappa shape index (κ1) is 8.71. The number of carbonyl (C=O) groups excluding carboxylic acids is 1. The van der Waals surface area contributed by atoms with E-state index in [1.54, 1.807) is 12.4 Å². The number of carbonyl (C=O) groups is 1. The van der Waals surface area contributed by atoms with Gasteiger partial charge in [0.2, 0.25) is 5.91 Å². The van der Waals surface area contributed by atoms with Gasteiger partial charge in [0.1, 0.15) is 0 Å². The smallest absolute Gasteiger partial charge is 0.217 e. The first-order chi connectivity index (χ1) is 5.79. The lowest BCUT2D eigenvalue weighted by molar-refractivity contribution is -0.117. The molecule has 1 amide bonds. The van der Waals surface area contributed by atoms with Crippen molar-refractivity contribution < 1.29 is 4.79 Å². The molecule has 0 aliphatic rings. The van der Waals surface area contributed by atoms with Crippen LogP contribution in [0.25, 0.3) is 0 Å². The standard InChI is InChI=1S/C9H11N2O/c10-9(12)3-1-2-8-4-6-11-7-5-8/h1,4-7H,2-3H2,(H2,10,12). The van der Waals surface area contributed by atoms with Crippen LogP contribution in [0.2, 0.25) is 0 Å². The third kappa shape index (κ3) is 3.14. The van der Waals surface area contributed by atoms with Gasteiger partial charge in [-0.25, -0.2) is 0 Å². The van der Waals surface area contributed by atoms with Crippen molar-refractivity contribution in [2.45, 2.75) is 12.8 Å². The fraction of sp³-hybridized carbons (Fsp3) is 0.222. The number of pyridine rings is 1. The minimum Gasteiger partial charge on any atom is -0.370 e. The maximum atomic E-state index is 10.4. The molecule has 0 bridgehead atoms. The molecule has 0 unspecified atom stereocenters. The predicted molar refractivity (Wildman–Crippen MR) is 46.1 cm³/mol. The zero-order valence-electron chi connectivity index (χ0n) is 6.73. The van der Waals surface area contributed by atoms with Crippen LogP contribution in [0.4, 0.5) is 0 Å². The third-order valence-corrected chi connectivity index (χ3v) is 1.47. The molecule has 1 aromatic heterocycles. The average molecular weight is 163 g/mol. The molecule has 1 radical (unpaired) electrons. The second kappa shape index (κ2) is 4.49. The van der Waals surface area contributed by atoms with Gasteiger partial charge in [-0.3, -0.25) is 9.78 Å². The van der Waals surface area contributed by atoms with Gasteiger partial charge in [-0.15, -0.1) is 0 Å². The second-order valence-electron chi connectivity index (χ2n) is 2.52. The molecule has 2 N–H and O–H groups in total. The summed E-state index contributed by atoms with van der Waals surface area (Å²) in [5.74, 6) is -0.288. The van der Waals surface area contributed by atoms with Crippen LogP contribution in [0.15, 0.2) is 24.5 Å². The molecule has 0 aromatic carbocycles. The fourth-order valence-electron chi connectivity index (χ4n) is 0.900. The lowest BCUT2D eigenvalue weighted by atomic mass is 10.1. The van der Waals surface area contributed by atoms with Gasteiger partial charge in [-0.2, -0.15) is 0 Å². The van der Waals surface area contributed by atoms with E-state index in [1.165, 1.54) is 0 Å². The number of nitrogens with zero attached hydrogens (tertiary/aromatic N) is 1. The molecule has 1 rings (SSSR count). The highest BCUT2D eigenvalue weighted by molar-refractivity contribution is 5.74. The molecule has 1 heterocycles. The molecule has 3 heteroatoms. The first-order valence-corrected chi connectivity index (χ1v) is 3.78. The van der Waals surface area contributed by atoms with Gasteiger partial charge in [-0.1, -0.05) is 0 Å². The van der Waals surface area contributed by atoms with E-state index in [0.717, 1.165) is 12.0 Å². The maximum Gasteiger partial charge on any atom is 0.217 e. The Bertz CT molecular complexity index is 246. The van der Waals surface area contributed by atoms with Gasteiger partial charge in [-0.05, 0) is 30.5 Å². The van der Waals surface area contributed by atoms with E-state index in [-0.39, 0.29) is 5.91 Å². The van der Waals surface area contributed by atoms with Crippen molar-refractivity contribution in [3.8, 4) is 0 Å². The summed E-state index contributed by atoms with van der Waals surface area (Å²) in [5.41, 5.74) is 6.12. The Morgan fingerprint density at radius 2 is 2.17 bits per heavy atom. The Morgan fingerprint density at radius 3 is 2.75 bits per heavy atom. The minimum absolute atomic E-state index is 0.288. The maximum absolute atomic E-state index is 10.4. The lowest BCUT2D eigenvalue weighted by Gasteiger charge is -1.97. The molecule has 0 saturated heterocycles. The molecule has 0 atom stereocenters. The number of aromatic nitrogens is 1. The normalized spacial score (nSPS) is 9.67. The van der Waals surface area contributed by atoms with Crippen molar-refractivity contribution in [1.29, 1.82) is 0 Å². The molecule has 0 saturated carbocycles.